The fraction of sp³-hybridized carbons (Fsp3) is 0.235. The van der Waals surface area contributed by atoms with Crippen LogP contribution in [0.5, 0.6) is 0 Å². The summed E-state index contributed by atoms with van der Waals surface area (Å²) < 4.78 is 0. The fourth-order valence-corrected chi connectivity index (χ4v) is 6.66. The Kier molecular flexibility index (Phi) is 9.02. The molecule has 1 N–H and O–H groups in total. The van der Waals surface area contributed by atoms with Crippen LogP contribution in [0.2, 0.25) is 10.0 Å². The van der Waals surface area contributed by atoms with E-state index in [1.807, 2.05) is 66.7 Å². The molecule has 4 aromatic rings. The molecule has 6 rings (SSSR count). The number of nitrogens with zero attached hydrogens (tertiary/aromatic N) is 5. The van der Waals surface area contributed by atoms with Crippen molar-refractivity contribution in [2.24, 2.45) is 0 Å². The van der Waals surface area contributed by atoms with Gasteiger partial charge in [-0.3, -0.25) is 19.6 Å². The molecule has 2 atom stereocenters. The molecule has 2 aliphatic rings. The maximum Gasteiger partial charge on any atom is 0.332 e. The van der Waals surface area contributed by atoms with Gasteiger partial charge in [0.25, 0.3) is 0 Å². The van der Waals surface area contributed by atoms with Crippen LogP contribution in [0.3, 0.4) is 0 Å². The highest BCUT2D eigenvalue weighted by atomic mass is 35.5. The number of amides is 4. The molecular weight excluding hydrogens is 611 g/mol. The Hall–Kier alpha value is -4.44. The number of piperazine rings is 1. The van der Waals surface area contributed by atoms with Crippen LogP contribution in [-0.4, -0.2) is 74.5 Å². The largest absolute Gasteiger partial charge is 0.333 e. The lowest BCUT2D eigenvalue weighted by atomic mass is 9.99. The van der Waals surface area contributed by atoms with Crippen LogP contribution >= 0.6 is 23.2 Å². The van der Waals surface area contributed by atoms with Crippen molar-refractivity contribution in [2.45, 2.75) is 31.7 Å². The van der Waals surface area contributed by atoms with Crippen molar-refractivity contribution in [3.8, 4) is 0 Å². The van der Waals surface area contributed by atoms with Gasteiger partial charge < -0.3 is 15.1 Å². The van der Waals surface area contributed by atoms with Crippen molar-refractivity contribution in [1.29, 1.82) is 0 Å². The standard InChI is InChI=1S/C34H32Cl2N6O3/c1-2-16-40(34(45)38-19-24-12-7-4-8-13-24)41-22-31(43)42-29(17-23-10-5-3-6-11-23)33(44)39(21-30(41)42)20-26-28(36)18-27(35)25-14-9-15-37-32(25)26/h2-15,18,29-30H,1,16-17,19-22H2,(H,38,45)/t29-,30+/m0/s1. The number of fused-ring (bicyclic) bond motifs is 2. The molecule has 4 amide bonds. The van der Waals surface area contributed by atoms with Crippen molar-refractivity contribution in [3.05, 3.63) is 124 Å². The number of aromatic nitrogens is 1. The highest BCUT2D eigenvalue weighted by Gasteiger charge is 2.52. The number of halogens is 2. The number of hydrazine groups is 1. The van der Waals surface area contributed by atoms with Crippen molar-refractivity contribution >= 4 is 52.0 Å². The third-order valence-corrected chi connectivity index (χ3v) is 8.86. The van der Waals surface area contributed by atoms with Gasteiger partial charge in [-0.2, -0.15) is 5.01 Å². The Labute approximate surface area is 271 Å². The second-order valence-corrected chi connectivity index (χ2v) is 11.9. The third-order valence-electron chi connectivity index (χ3n) is 8.21. The summed E-state index contributed by atoms with van der Waals surface area (Å²) in [5.41, 5.74) is 3.14. The number of nitrogens with one attached hydrogen (secondary N) is 1. The first-order chi connectivity index (χ1) is 21.9. The maximum atomic E-state index is 14.2. The second-order valence-electron chi connectivity index (χ2n) is 11.0. The number of rotatable bonds is 9. The van der Waals surface area contributed by atoms with E-state index >= 15 is 0 Å². The summed E-state index contributed by atoms with van der Waals surface area (Å²) in [5, 5.41) is 7.80. The SMILES string of the molecule is C=CCN(C(=O)NCc1ccccc1)N1CC(=O)N2[C@@H](Cc3ccccc3)C(=O)N(Cc3c(Cl)cc(Cl)c4cccnc34)C[C@@H]21. The van der Waals surface area contributed by atoms with Gasteiger partial charge in [0, 0.05) is 41.7 Å². The monoisotopic (exact) mass is 642 g/mol. The van der Waals surface area contributed by atoms with E-state index < -0.39 is 12.2 Å². The lowest BCUT2D eigenvalue weighted by Crippen LogP contribution is -2.66. The molecule has 0 radical (unpaired) electrons. The van der Waals surface area contributed by atoms with Gasteiger partial charge in [-0.05, 0) is 29.3 Å². The molecule has 1 aromatic heterocycles. The molecule has 0 spiro atoms. The van der Waals surface area contributed by atoms with Crippen LogP contribution in [0.4, 0.5) is 4.79 Å². The van der Waals surface area contributed by atoms with Crippen LogP contribution in [-0.2, 0) is 29.1 Å². The average molecular weight is 644 g/mol. The number of pyridine rings is 1. The molecule has 0 saturated carbocycles. The summed E-state index contributed by atoms with van der Waals surface area (Å²) in [7, 11) is 0. The zero-order valence-electron chi connectivity index (χ0n) is 24.5. The number of hydrogen-bond donors (Lipinski definition) is 1. The van der Waals surface area contributed by atoms with Crippen LogP contribution in [0, 0.1) is 0 Å². The van der Waals surface area contributed by atoms with E-state index in [0.29, 0.717) is 34.1 Å². The quantitative estimate of drug-likeness (QED) is 0.251. The van der Waals surface area contributed by atoms with Crippen LogP contribution < -0.4 is 5.32 Å². The van der Waals surface area contributed by atoms with E-state index in [0.717, 1.165) is 16.5 Å². The molecule has 3 heterocycles. The van der Waals surface area contributed by atoms with Gasteiger partial charge in [-0.15, -0.1) is 6.58 Å². The van der Waals surface area contributed by atoms with E-state index in [4.69, 9.17) is 23.2 Å². The summed E-state index contributed by atoms with van der Waals surface area (Å²) in [4.78, 5) is 49.4. The molecule has 3 aromatic carbocycles. The van der Waals surface area contributed by atoms with Gasteiger partial charge in [0.2, 0.25) is 11.8 Å². The van der Waals surface area contributed by atoms with Gasteiger partial charge >= 0.3 is 6.03 Å². The van der Waals surface area contributed by atoms with Crippen molar-refractivity contribution in [1.82, 2.24) is 30.1 Å². The molecule has 9 nitrogen and oxygen atoms in total. The Morgan fingerprint density at radius 3 is 2.42 bits per heavy atom. The Bertz CT molecular complexity index is 1740. The summed E-state index contributed by atoms with van der Waals surface area (Å²) >= 11 is 13.2. The molecule has 0 aliphatic carbocycles. The molecular formula is C34H32Cl2N6O3. The number of carbonyl (C=O) groups is 3. The molecule has 0 unspecified atom stereocenters. The Balaban J connectivity index is 1.34. The van der Waals surface area contributed by atoms with Gasteiger partial charge in [-0.25, -0.2) is 4.79 Å². The predicted octanol–water partition coefficient (Wildman–Crippen LogP) is 5.28. The topological polar surface area (TPSA) is 89.1 Å². The van der Waals surface area contributed by atoms with E-state index in [1.54, 1.807) is 39.2 Å². The van der Waals surface area contributed by atoms with Crippen molar-refractivity contribution in [2.75, 3.05) is 19.6 Å². The second kappa shape index (κ2) is 13.3. The minimum atomic E-state index is -0.785. The molecule has 11 heteroatoms. The lowest BCUT2D eigenvalue weighted by Gasteiger charge is -2.46. The van der Waals surface area contributed by atoms with E-state index in [1.165, 1.54) is 5.01 Å². The molecule has 2 saturated heterocycles. The summed E-state index contributed by atoms with van der Waals surface area (Å²) in [6.07, 6.45) is 3.00. The van der Waals surface area contributed by atoms with Gasteiger partial charge in [-0.1, -0.05) is 89.9 Å². The zero-order valence-corrected chi connectivity index (χ0v) is 26.0. The minimum absolute atomic E-state index is 0.0597. The Morgan fingerprint density at radius 2 is 1.71 bits per heavy atom. The maximum absolute atomic E-state index is 14.2. The van der Waals surface area contributed by atoms with Crippen LogP contribution in [0.25, 0.3) is 10.9 Å². The molecule has 45 heavy (non-hydrogen) atoms. The van der Waals surface area contributed by atoms with Crippen molar-refractivity contribution < 1.29 is 14.4 Å². The molecule has 2 fully saturated rings. The van der Waals surface area contributed by atoms with E-state index in [2.05, 4.69) is 16.9 Å². The molecule has 230 valence electrons. The summed E-state index contributed by atoms with van der Waals surface area (Å²) in [6.45, 7) is 4.59. The smallest absolute Gasteiger partial charge is 0.332 e. The van der Waals surface area contributed by atoms with E-state index in [-0.39, 0.29) is 44.0 Å². The van der Waals surface area contributed by atoms with Gasteiger partial charge in [0.05, 0.1) is 30.2 Å². The highest BCUT2D eigenvalue weighted by molar-refractivity contribution is 6.39. The fourth-order valence-electron chi connectivity index (χ4n) is 6.09. The Morgan fingerprint density at radius 1 is 1.00 bits per heavy atom. The first kappa shape index (κ1) is 30.6. The first-order valence-corrected chi connectivity index (χ1v) is 15.4. The third kappa shape index (κ3) is 6.24. The summed E-state index contributed by atoms with van der Waals surface area (Å²) in [6, 6.07) is 23.4. The zero-order chi connectivity index (χ0) is 31.5. The van der Waals surface area contributed by atoms with Crippen LogP contribution in [0.15, 0.2) is 97.7 Å². The number of hydrogen-bond acceptors (Lipinski definition) is 5. The number of benzene rings is 3. The average Bonchev–Trinajstić information content (AvgIpc) is 3.38. The highest BCUT2D eigenvalue weighted by Crippen LogP contribution is 2.35. The van der Waals surface area contributed by atoms with Gasteiger partial charge in [0.15, 0.2) is 0 Å². The minimum Gasteiger partial charge on any atom is -0.333 e. The first-order valence-electron chi connectivity index (χ1n) is 14.7. The lowest BCUT2D eigenvalue weighted by molar-refractivity contribution is -0.157. The van der Waals surface area contributed by atoms with Crippen LogP contribution in [0.1, 0.15) is 16.7 Å². The van der Waals surface area contributed by atoms with E-state index in [9.17, 15) is 14.4 Å². The number of urea groups is 1. The normalized spacial score (nSPS) is 18.3. The van der Waals surface area contributed by atoms with Crippen molar-refractivity contribution in [3.63, 3.8) is 0 Å². The predicted molar refractivity (Wildman–Crippen MR) is 174 cm³/mol. The molecule has 2 aliphatic heterocycles. The molecule has 0 bridgehead atoms. The summed E-state index contributed by atoms with van der Waals surface area (Å²) in [5.74, 6) is -0.431. The van der Waals surface area contributed by atoms with Gasteiger partial charge in [0.1, 0.15) is 12.2 Å². The number of carbonyl (C=O) groups excluding carboxylic acids is 3.